The third-order valence-electron chi connectivity index (χ3n) is 1.95. The molecule has 0 aliphatic rings. The number of anilines is 1. The smallest absolute Gasteiger partial charge is 0.186 e. The van der Waals surface area contributed by atoms with Crippen LogP contribution in [-0.2, 0) is 0 Å². The summed E-state index contributed by atoms with van der Waals surface area (Å²) in [6, 6.07) is 0. The van der Waals surface area contributed by atoms with E-state index in [-0.39, 0.29) is 0 Å². The zero-order valence-corrected chi connectivity index (χ0v) is 11.8. The predicted octanol–water partition coefficient (Wildman–Crippen LogP) is 2.94. The molecule has 90 valence electrons. The van der Waals surface area contributed by atoms with Crippen molar-refractivity contribution in [3.8, 4) is 0 Å². The molecule has 1 rings (SSSR count). The van der Waals surface area contributed by atoms with Crippen molar-refractivity contribution in [3.05, 3.63) is 10.5 Å². The summed E-state index contributed by atoms with van der Waals surface area (Å²) in [5, 5.41) is 3.32. The number of aromatic nitrogens is 1. The molecule has 3 nitrogen and oxygen atoms in total. The van der Waals surface area contributed by atoms with E-state index in [2.05, 4.69) is 23.7 Å². The number of nitrogens with two attached hydrogens (primary N) is 1. The monoisotopic (exact) mass is 277 g/mol. The summed E-state index contributed by atoms with van der Waals surface area (Å²) in [6.07, 6.45) is 0.708. The predicted molar refractivity (Wildman–Crippen MR) is 75.6 cm³/mol. The Labute approximate surface area is 111 Å². The lowest BCUT2D eigenvalue weighted by Gasteiger charge is -2.23. The molecule has 0 unspecified atom stereocenters. The van der Waals surface area contributed by atoms with Crippen LogP contribution in [0, 0.1) is 5.92 Å². The second-order valence-corrected chi connectivity index (χ2v) is 5.76. The highest BCUT2D eigenvalue weighted by Gasteiger charge is 2.12. The molecule has 1 heterocycles. The first-order chi connectivity index (χ1) is 7.49. The average Bonchev–Trinajstić information content (AvgIpc) is 2.58. The van der Waals surface area contributed by atoms with Crippen molar-refractivity contribution >= 4 is 45.3 Å². The summed E-state index contributed by atoms with van der Waals surface area (Å²) < 4.78 is 0. The van der Waals surface area contributed by atoms with Gasteiger partial charge >= 0.3 is 0 Å². The van der Waals surface area contributed by atoms with Crippen molar-refractivity contribution in [1.29, 1.82) is 0 Å². The maximum Gasteiger partial charge on any atom is 0.186 e. The molecular formula is C10H16ClN3S2. The van der Waals surface area contributed by atoms with Crippen LogP contribution < -0.4 is 10.6 Å². The number of halogens is 1. The minimum atomic E-state index is 0.538. The van der Waals surface area contributed by atoms with Crippen LogP contribution in [0.4, 0.5) is 5.13 Å². The minimum Gasteiger partial charge on any atom is -0.393 e. The van der Waals surface area contributed by atoms with E-state index >= 15 is 0 Å². The van der Waals surface area contributed by atoms with Gasteiger partial charge in [0.15, 0.2) is 5.13 Å². The van der Waals surface area contributed by atoms with E-state index < -0.39 is 0 Å². The first-order valence-electron chi connectivity index (χ1n) is 5.13. The number of hydrogen-bond donors (Lipinski definition) is 1. The van der Waals surface area contributed by atoms with Crippen molar-refractivity contribution in [2.24, 2.45) is 11.7 Å². The van der Waals surface area contributed by atoms with E-state index in [9.17, 15) is 0 Å². The Hall–Kier alpha value is -0.390. The summed E-state index contributed by atoms with van der Waals surface area (Å²) in [7, 11) is 0. The van der Waals surface area contributed by atoms with Crippen molar-refractivity contribution < 1.29 is 0 Å². The molecule has 0 saturated carbocycles. The van der Waals surface area contributed by atoms with Crippen LogP contribution in [0.15, 0.2) is 5.38 Å². The van der Waals surface area contributed by atoms with Gasteiger partial charge in [-0.25, -0.2) is 4.98 Å². The second kappa shape index (κ2) is 6.37. The minimum absolute atomic E-state index is 0.538. The van der Waals surface area contributed by atoms with Gasteiger partial charge in [0.25, 0.3) is 0 Å². The summed E-state index contributed by atoms with van der Waals surface area (Å²) in [6.45, 7) is 6.08. The van der Waals surface area contributed by atoms with Crippen LogP contribution in [0.3, 0.4) is 0 Å². The van der Waals surface area contributed by atoms with E-state index in [1.165, 1.54) is 0 Å². The van der Waals surface area contributed by atoms with Gasteiger partial charge in [-0.2, -0.15) is 0 Å². The lowest BCUT2D eigenvalue weighted by molar-refractivity contribution is 0.613. The van der Waals surface area contributed by atoms with E-state index in [0.29, 0.717) is 22.5 Å². The maximum absolute atomic E-state index is 5.83. The Morgan fingerprint density at radius 3 is 2.81 bits per heavy atom. The zero-order chi connectivity index (χ0) is 12.1. The zero-order valence-electron chi connectivity index (χ0n) is 9.44. The third kappa shape index (κ3) is 4.63. The van der Waals surface area contributed by atoms with Gasteiger partial charge in [0.2, 0.25) is 0 Å². The highest BCUT2D eigenvalue weighted by Crippen LogP contribution is 2.24. The van der Waals surface area contributed by atoms with Crippen molar-refractivity contribution in [1.82, 2.24) is 4.98 Å². The first-order valence-corrected chi connectivity index (χ1v) is 6.80. The van der Waals surface area contributed by atoms with Gasteiger partial charge in [0.05, 0.1) is 4.99 Å². The van der Waals surface area contributed by atoms with Crippen LogP contribution in [0.5, 0.6) is 0 Å². The van der Waals surface area contributed by atoms with Crippen molar-refractivity contribution in [3.63, 3.8) is 0 Å². The quantitative estimate of drug-likeness (QED) is 0.812. The van der Waals surface area contributed by atoms with Gasteiger partial charge in [-0.1, -0.05) is 37.7 Å². The molecule has 1 aromatic heterocycles. The fourth-order valence-corrected chi connectivity index (χ4v) is 2.42. The molecule has 2 N–H and O–H groups in total. The van der Waals surface area contributed by atoms with Gasteiger partial charge in [-0.05, 0) is 5.92 Å². The fourth-order valence-electron chi connectivity index (χ4n) is 1.34. The first kappa shape index (κ1) is 13.7. The molecular weight excluding hydrogens is 262 g/mol. The van der Waals surface area contributed by atoms with Gasteiger partial charge in [-0.3, -0.25) is 0 Å². The average molecular weight is 278 g/mol. The largest absolute Gasteiger partial charge is 0.393 e. The Morgan fingerprint density at radius 2 is 2.38 bits per heavy atom. The Balaban J connectivity index is 2.66. The van der Waals surface area contributed by atoms with Crippen molar-refractivity contribution in [2.45, 2.75) is 20.3 Å². The SMILES string of the molecule is CC(C)CN(CCC(N)=S)c1nc(Cl)cs1. The van der Waals surface area contributed by atoms with Crippen LogP contribution in [0.2, 0.25) is 5.15 Å². The molecule has 0 spiro atoms. The lowest BCUT2D eigenvalue weighted by Crippen LogP contribution is -2.30. The third-order valence-corrected chi connectivity index (χ3v) is 3.38. The van der Waals surface area contributed by atoms with E-state index in [4.69, 9.17) is 29.6 Å². The van der Waals surface area contributed by atoms with E-state index in [1.807, 2.05) is 5.38 Å². The summed E-state index contributed by atoms with van der Waals surface area (Å²) in [4.78, 5) is 6.99. The van der Waals surface area contributed by atoms with Crippen molar-refractivity contribution in [2.75, 3.05) is 18.0 Å². The highest BCUT2D eigenvalue weighted by molar-refractivity contribution is 7.80. The van der Waals surface area contributed by atoms with Crippen LogP contribution >= 0.6 is 35.2 Å². The van der Waals surface area contributed by atoms with E-state index in [1.54, 1.807) is 11.3 Å². The molecule has 0 bridgehead atoms. The maximum atomic E-state index is 5.83. The summed E-state index contributed by atoms with van der Waals surface area (Å²) in [5.74, 6) is 0.564. The number of thiazole rings is 1. The normalized spacial score (nSPS) is 10.8. The molecule has 0 aliphatic heterocycles. The topological polar surface area (TPSA) is 42.1 Å². The molecule has 0 amide bonds. The number of rotatable bonds is 6. The molecule has 0 fully saturated rings. The lowest BCUT2D eigenvalue weighted by atomic mass is 10.2. The van der Waals surface area contributed by atoms with Gasteiger partial charge < -0.3 is 10.6 Å². The Bertz CT molecular complexity index is 352. The van der Waals surface area contributed by atoms with Crippen LogP contribution in [0.25, 0.3) is 0 Å². The molecule has 0 aromatic carbocycles. The Morgan fingerprint density at radius 1 is 1.69 bits per heavy atom. The van der Waals surface area contributed by atoms with Crippen LogP contribution in [-0.4, -0.2) is 23.1 Å². The molecule has 0 saturated heterocycles. The second-order valence-electron chi connectivity index (χ2n) is 4.01. The van der Waals surface area contributed by atoms with Crippen LogP contribution in [0.1, 0.15) is 20.3 Å². The number of hydrogen-bond acceptors (Lipinski definition) is 4. The van der Waals surface area contributed by atoms with Gasteiger partial charge in [-0.15, -0.1) is 11.3 Å². The van der Waals surface area contributed by atoms with Gasteiger partial charge in [0, 0.05) is 24.9 Å². The molecule has 16 heavy (non-hydrogen) atoms. The molecule has 6 heteroatoms. The molecule has 0 radical (unpaired) electrons. The number of nitrogens with zero attached hydrogens (tertiary/aromatic N) is 2. The number of thiocarbonyl (C=S) groups is 1. The standard InChI is InChI=1S/C10H16ClN3S2/c1-7(2)5-14(4-3-9(12)15)10-13-8(11)6-16-10/h6-7H,3-5H2,1-2H3,(H2,12,15). The molecule has 1 aromatic rings. The highest BCUT2D eigenvalue weighted by atomic mass is 35.5. The van der Waals surface area contributed by atoms with Gasteiger partial charge in [0.1, 0.15) is 5.15 Å². The summed E-state index contributed by atoms with van der Waals surface area (Å²) >= 11 is 12.3. The Kier molecular flexibility index (Phi) is 5.44. The molecule has 0 aliphatic carbocycles. The fraction of sp³-hybridized carbons (Fsp3) is 0.600. The molecule has 0 atom stereocenters. The summed E-state index contributed by atoms with van der Waals surface area (Å²) in [5.41, 5.74) is 5.52. The van der Waals surface area contributed by atoms with E-state index in [0.717, 1.165) is 18.2 Å².